The Morgan fingerprint density at radius 3 is 2.58 bits per heavy atom. The van der Waals surface area contributed by atoms with E-state index in [1.807, 2.05) is 0 Å². The Morgan fingerprint density at radius 1 is 1.27 bits per heavy atom. The van der Waals surface area contributed by atoms with Crippen molar-refractivity contribution in [1.82, 2.24) is 0 Å². The minimum absolute atomic E-state index is 0.0933. The lowest BCUT2D eigenvalue weighted by atomic mass is 10.2. The average Bonchev–Trinajstić information content (AvgIpc) is 2.64. The fourth-order valence-electron chi connectivity index (χ4n) is 2.27. The number of hydrogen-bond acceptors (Lipinski definition) is 8. The Balaban J connectivity index is 2.30. The average molecular weight is 371 g/mol. The summed E-state index contributed by atoms with van der Waals surface area (Å²) in [4.78, 5) is 13.3. The normalized spacial score (nSPS) is 15.9. The number of nitrogens with zero attached hydrogens (tertiary/aromatic N) is 3. The zero-order chi connectivity index (χ0) is 19.1. The van der Waals surface area contributed by atoms with Crippen LogP contribution in [0.3, 0.4) is 0 Å². The molecule has 1 saturated heterocycles. The summed E-state index contributed by atoms with van der Waals surface area (Å²) >= 11 is 0. The van der Waals surface area contributed by atoms with Crippen molar-refractivity contribution in [2.45, 2.75) is 0 Å². The molecule has 142 valence electrons. The number of rotatable bonds is 6. The van der Waals surface area contributed by atoms with Gasteiger partial charge in [0.25, 0.3) is 0 Å². The number of aliphatic hydroxyl groups excluding tert-OH is 1. The fourth-order valence-corrected chi connectivity index (χ4v) is 2.27. The maximum Gasteiger partial charge on any atom is 0.362 e. The molecule has 8 nitrogen and oxygen atoms in total. The van der Waals surface area contributed by atoms with Crippen molar-refractivity contribution in [3.63, 3.8) is 0 Å². The van der Waals surface area contributed by atoms with Crippen molar-refractivity contribution in [2.75, 3.05) is 52.0 Å². The molecule has 0 atom stereocenters. The van der Waals surface area contributed by atoms with Crippen LogP contribution in [0.2, 0.25) is 0 Å². The standard InChI is InChI=1S/C16H19F2N3O5/c1-24-9-14(22)15(16(23)25-2)20-19-12-7-11(18)13(8-10(12)17)21-3-5-26-6-4-21/h7-8,22H,3-6,9H2,1-2H3. The molecule has 0 spiro atoms. The largest absolute Gasteiger partial charge is 0.507 e. The highest BCUT2D eigenvalue weighted by Gasteiger charge is 2.19. The first kappa shape index (κ1) is 19.7. The van der Waals surface area contributed by atoms with Crippen LogP contribution in [0.4, 0.5) is 20.2 Å². The van der Waals surface area contributed by atoms with E-state index in [9.17, 15) is 18.7 Å². The molecule has 10 heteroatoms. The van der Waals surface area contributed by atoms with E-state index in [1.54, 1.807) is 4.90 Å². The molecule has 2 rings (SSSR count). The number of carbonyl (C=O) groups is 1. The van der Waals surface area contributed by atoms with E-state index in [1.165, 1.54) is 7.11 Å². The first-order valence-electron chi connectivity index (χ1n) is 7.70. The van der Waals surface area contributed by atoms with Crippen LogP contribution in [0.5, 0.6) is 0 Å². The second kappa shape index (κ2) is 9.20. The monoisotopic (exact) mass is 371 g/mol. The molecule has 0 bridgehead atoms. The van der Waals surface area contributed by atoms with Gasteiger partial charge in [0, 0.05) is 32.3 Å². The zero-order valence-corrected chi connectivity index (χ0v) is 14.4. The molecule has 1 heterocycles. The summed E-state index contributed by atoms with van der Waals surface area (Å²) in [6, 6.07) is 1.87. The number of benzene rings is 1. The highest BCUT2D eigenvalue weighted by Crippen LogP contribution is 2.29. The van der Waals surface area contributed by atoms with Crippen molar-refractivity contribution < 1.29 is 32.9 Å². The van der Waals surface area contributed by atoms with Crippen LogP contribution in [0, 0.1) is 11.6 Å². The van der Waals surface area contributed by atoms with E-state index in [4.69, 9.17) is 4.74 Å². The number of hydrogen-bond donors (Lipinski definition) is 1. The third-order valence-electron chi connectivity index (χ3n) is 3.56. The Hall–Kier alpha value is -2.59. The molecule has 1 aliphatic heterocycles. The quantitative estimate of drug-likeness (QED) is 0.357. The van der Waals surface area contributed by atoms with Gasteiger partial charge in [0.05, 0.1) is 26.0 Å². The van der Waals surface area contributed by atoms with Gasteiger partial charge in [-0.3, -0.25) is 0 Å². The van der Waals surface area contributed by atoms with Crippen LogP contribution in [-0.2, 0) is 19.0 Å². The number of esters is 1. The van der Waals surface area contributed by atoms with E-state index in [2.05, 4.69) is 19.7 Å². The van der Waals surface area contributed by atoms with Crippen molar-refractivity contribution in [2.24, 2.45) is 10.2 Å². The second-order valence-corrected chi connectivity index (χ2v) is 5.27. The number of morpholine rings is 1. The highest BCUT2D eigenvalue weighted by molar-refractivity contribution is 5.88. The van der Waals surface area contributed by atoms with E-state index in [0.29, 0.717) is 26.3 Å². The summed E-state index contributed by atoms with van der Waals surface area (Å²) < 4.78 is 42.9. The maximum atomic E-state index is 14.3. The number of halogens is 2. The van der Waals surface area contributed by atoms with E-state index in [0.717, 1.165) is 19.2 Å². The predicted octanol–water partition coefficient (Wildman–Crippen LogP) is 2.47. The molecular weight excluding hydrogens is 352 g/mol. The van der Waals surface area contributed by atoms with Gasteiger partial charge >= 0.3 is 5.97 Å². The van der Waals surface area contributed by atoms with Crippen molar-refractivity contribution in [3.8, 4) is 0 Å². The topological polar surface area (TPSA) is 93.0 Å². The second-order valence-electron chi connectivity index (χ2n) is 5.27. The lowest BCUT2D eigenvalue weighted by Crippen LogP contribution is -2.36. The summed E-state index contributed by atoms with van der Waals surface area (Å²) in [7, 11) is 2.37. The predicted molar refractivity (Wildman–Crippen MR) is 87.5 cm³/mol. The lowest BCUT2D eigenvalue weighted by molar-refractivity contribution is -0.136. The number of ether oxygens (including phenoxy) is 3. The van der Waals surface area contributed by atoms with E-state index < -0.39 is 34.7 Å². The molecule has 1 aliphatic rings. The minimum Gasteiger partial charge on any atom is -0.507 e. The first-order chi connectivity index (χ1) is 12.5. The van der Waals surface area contributed by atoms with Gasteiger partial charge < -0.3 is 24.2 Å². The van der Waals surface area contributed by atoms with Gasteiger partial charge in [-0.1, -0.05) is 0 Å². The Labute approximate surface area is 148 Å². The molecule has 0 amide bonds. The summed E-state index contributed by atoms with van der Waals surface area (Å²) in [5.74, 6) is -3.05. The molecular formula is C16H19F2N3O5. The van der Waals surface area contributed by atoms with Crippen LogP contribution in [0.15, 0.2) is 33.8 Å². The number of carbonyl (C=O) groups excluding carboxylic acids is 1. The smallest absolute Gasteiger partial charge is 0.362 e. The number of azo groups is 1. The Kier molecular flexibility index (Phi) is 6.98. The molecule has 1 N–H and O–H groups in total. The van der Waals surface area contributed by atoms with Gasteiger partial charge in [-0.2, -0.15) is 0 Å². The van der Waals surface area contributed by atoms with Gasteiger partial charge in [0.1, 0.15) is 18.1 Å². The summed E-state index contributed by atoms with van der Waals surface area (Å²) in [5, 5.41) is 16.7. The SMILES string of the molecule is COCC(O)=C(N=Nc1cc(F)c(N2CCOCC2)cc1F)C(=O)OC. The van der Waals surface area contributed by atoms with Crippen LogP contribution in [0.25, 0.3) is 0 Å². The summed E-state index contributed by atoms with van der Waals surface area (Å²) in [6.07, 6.45) is 0. The van der Waals surface area contributed by atoms with Gasteiger partial charge in [0.15, 0.2) is 11.6 Å². The number of methoxy groups -OCH3 is 2. The lowest BCUT2D eigenvalue weighted by Gasteiger charge is -2.29. The van der Waals surface area contributed by atoms with Crippen LogP contribution in [-0.4, -0.2) is 58.2 Å². The molecule has 1 aromatic carbocycles. The number of aliphatic hydroxyl groups is 1. The van der Waals surface area contributed by atoms with Crippen molar-refractivity contribution >= 4 is 17.3 Å². The molecule has 0 aromatic heterocycles. The minimum atomic E-state index is -0.992. The molecule has 0 saturated carbocycles. The zero-order valence-electron chi connectivity index (χ0n) is 14.4. The van der Waals surface area contributed by atoms with Gasteiger partial charge in [0.2, 0.25) is 5.70 Å². The molecule has 0 unspecified atom stereocenters. The van der Waals surface area contributed by atoms with Crippen molar-refractivity contribution in [3.05, 3.63) is 35.2 Å². The van der Waals surface area contributed by atoms with Crippen LogP contribution in [0.1, 0.15) is 0 Å². The molecule has 0 radical (unpaired) electrons. The highest BCUT2D eigenvalue weighted by atomic mass is 19.1. The number of anilines is 1. The van der Waals surface area contributed by atoms with E-state index in [-0.39, 0.29) is 12.3 Å². The fraction of sp³-hybridized carbons (Fsp3) is 0.438. The van der Waals surface area contributed by atoms with Gasteiger partial charge in [-0.25, -0.2) is 13.6 Å². The first-order valence-corrected chi connectivity index (χ1v) is 7.70. The van der Waals surface area contributed by atoms with E-state index >= 15 is 0 Å². The maximum absolute atomic E-state index is 14.3. The Bertz CT molecular complexity index is 718. The molecule has 1 fully saturated rings. The van der Waals surface area contributed by atoms with Crippen LogP contribution < -0.4 is 4.90 Å². The summed E-state index contributed by atoms with van der Waals surface area (Å²) in [6.45, 7) is 1.41. The van der Waals surface area contributed by atoms with Gasteiger partial charge in [-0.15, -0.1) is 10.2 Å². The third kappa shape index (κ3) is 4.73. The van der Waals surface area contributed by atoms with Crippen LogP contribution >= 0.6 is 0 Å². The van der Waals surface area contributed by atoms with Crippen molar-refractivity contribution in [1.29, 1.82) is 0 Å². The molecule has 26 heavy (non-hydrogen) atoms. The molecule has 0 aliphatic carbocycles. The third-order valence-corrected chi connectivity index (χ3v) is 3.56. The van der Waals surface area contributed by atoms with Gasteiger partial charge in [-0.05, 0) is 0 Å². The Morgan fingerprint density at radius 2 is 1.96 bits per heavy atom. The molecule has 1 aromatic rings. The summed E-state index contributed by atoms with van der Waals surface area (Å²) in [5.41, 5.74) is -0.895.